The Morgan fingerprint density at radius 3 is 2.87 bits per heavy atom. The van der Waals surface area contributed by atoms with Gasteiger partial charge in [0.25, 0.3) is 0 Å². The Bertz CT molecular complexity index is 865. The average molecular weight is 306 g/mol. The molecule has 1 aromatic heterocycles. The Balaban J connectivity index is 1.55. The summed E-state index contributed by atoms with van der Waals surface area (Å²) in [4.78, 5) is 19.1. The van der Waals surface area contributed by atoms with Crippen molar-refractivity contribution in [1.82, 2.24) is 15.3 Å². The molecule has 0 fully saturated rings. The number of carbonyl (C=O) groups excluding carboxylic acids is 1. The van der Waals surface area contributed by atoms with E-state index in [0.717, 1.165) is 16.6 Å². The highest BCUT2D eigenvalue weighted by atomic mass is 16.5. The second-order valence-corrected chi connectivity index (χ2v) is 4.94. The van der Waals surface area contributed by atoms with Crippen LogP contribution in [0.1, 0.15) is 17.0 Å². The maximum atomic E-state index is 11.7. The van der Waals surface area contributed by atoms with Crippen LogP contribution in [0, 0.1) is 11.3 Å². The summed E-state index contributed by atoms with van der Waals surface area (Å²) in [5.41, 5.74) is 3.00. The van der Waals surface area contributed by atoms with Crippen molar-refractivity contribution in [2.75, 3.05) is 0 Å². The minimum atomic E-state index is -0.507. The minimum absolute atomic E-state index is 0.221. The van der Waals surface area contributed by atoms with Crippen LogP contribution in [0.4, 0.5) is 4.79 Å². The third-order valence-electron chi connectivity index (χ3n) is 3.27. The molecule has 0 saturated carbocycles. The predicted octanol–water partition coefficient (Wildman–Crippen LogP) is 2.86. The summed E-state index contributed by atoms with van der Waals surface area (Å²) >= 11 is 0. The van der Waals surface area contributed by atoms with Gasteiger partial charge in [-0.3, -0.25) is 0 Å². The smallest absolute Gasteiger partial charge is 0.407 e. The second-order valence-electron chi connectivity index (χ2n) is 4.94. The summed E-state index contributed by atoms with van der Waals surface area (Å²) in [5, 5.41) is 11.5. The largest absolute Gasteiger partial charge is 0.445 e. The third-order valence-corrected chi connectivity index (χ3v) is 3.27. The van der Waals surface area contributed by atoms with Gasteiger partial charge in [0.05, 0.1) is 29.2 Å². The summed E-state index contributed by atoms with van der Waals surface area (Å²) in [6.45, 7) is 0.447. The van der Waals surface area contributed by atoms with Crippen molar-refractivity contribution in [1.29, 1.82) is 5.26 Å². The number of benzene rings is 2. The van der Waals surface area contributed by atoms with E-state index in [4.69, 9.17) is 10.00 Å². The van der Waals surface area contributed by atoms with E-state index in [1.165, 1.54) is 0 Å². The van der Waals surface area contributed by atoms with Crippen LogP contribution in [-0.2, 0) is 17.9 Å². The van der Waals surface area contributed by atoms with Gasteiger partial charge in [-0.15, -0.1) is 0 Å². The molecule has 0 aliphatic rings. The molecule has 0 radical (unpaired) electrons. The lowest BCUT2D eigenvalue weighted by Crippen LogP contribution is -2.24. The van der Waals surface area contributed by atoms with Gasteiger partial charge < -0.3 is 15.0 Å². The van der Waals surface area contributed by atoms with E-state index in [1.54, 1.807) is 18.2 Å². The van der Waals surface area contributed by atoms with Crippen LogP contribution < -0.4 is 5.32 Å². The number of aromatic amines is 1. The maximum absolute atomic E-state index is 11.7. The number of rotatable bonds is 4. The number of fused-ring (bicyclic) bond motifs is 1. The molecule has 2 N–H and O–H groups in total. The van der Waals surface area contributed by atoms with Crippen LogP contribution >= 0.6 is 0 Å². The molecule has 2 aromatic carbocycles. The second kappa shape index (κ2) is 6.62. The zero-order chi connectivity index (χ0) is 16.1. The number of carbonyl (C=O) groups is 1. The van der Waals surface area contributed by atoms with E-state index >= 15 is 0 Å². The van der Waals surface area contributed by atoms with E-state index in [2.05, 4.69) is 21.4 Å². The Kier molecular flexibility index (Phi) is 4.20. The minimum Gasteiger partial charge on any atom is -0.445 e. The summed E-state index contributed by atoms with van der Waals surface area (Å²) in [6, 6.07) is 16.7. The molecule has 0 spiro atoms. The number of imidazole rings is 1. The van der Waals surface area contributed by atoms with Gasteiger partial charge in [-0.25, -0.2) is 9.78 Å². The monoisotopic (exact) mass is 306 g/mol. The standard InChI is InChI=1S/C17H14N4O2/c18-9-13-6-7-14-15(8-13)21-16(20-14)10-19-17(22)23-11-12-4-2-1-3-5-12/h1-8H,10-11H2,(H,19,22)(H,20,21). The molecule has 114 valence electrons. The third kappa shape index (κ3) is 3.66. The van der Waals surface area contributed by atoms with Crippen LogP contribution in [0.5, 0.6) is 0 Å². The van der Waals surface area contributed by atoms with Crippen molar-refractivity contribution in [3.63, 3.8) is 0 Å². The Hall–Kier alpha value is -3.33. The van der Waals surface area contributed by atoms with E-state index < -0.39 is 6.09 Å². The highest BCUT2D eigenvalue weighted by Gasteiger charge is 2.07. The fraction of sp³-hybridized carbons (Fsp3) is 0.118. The van der Waals surface area contributed by atoms with E-state index in [0.29, 0.717) is 11.4 Å². The van der Waals surface area contributed by atoms with Crippen molar-refractivity contribution in [2.45, 2.75) is 13.2 Å². The number of amides is 1. The SMILES string of the molecule is N#Cc1ccc2nc(CNC(=O)OCc3ccccc3)[nH]c2c1. The molecule has 1 amide bonds. The Morgan fingerprint density at radius 1 is 1.26 bits per heavy atom. The number of nitriles is 1. The first-order chi connectivity index (χ1) is 11.2. The molecule has 6 heteroatoms. The lowest BCUT2D eigenvalue weighted by molar-refractivity contribution is 0.139. The Labute approximate surface area is 132 Å². The molecule has 1 heterocycles. The van der Waals surface area contributed by atoms with Crippen LogP contribution in [0.3, 0.4) is 0 Å². The highest BCUT2D eigenvalue weighted by Crippen LogP contribution is 2.13. The van der Waals surface area contributed by atoms with Crippen LogP contribution in [0.15, 0.2) is 48.5 Å². The summed E-state index contributed by atoms with van der Waals surface area (Å²) in [7, 11) is 0. The summed E-state index contributed by atoms with van der Waals surface area (Å²) in [5.74, 6) is 0.603. The molecule has 0 aliphatic heterocycles. The van der Waals surface area contributed by atoms with Crippen molar-refractivity contribution in [3.8, 4) is 6.07 Å². The van der Waals surface area contributed by atoms with Crippen LogP contribution in [0.2, 0.25) is 0 Å². The van der Waals surface area contributed by atoms with Gasteiger partial charge in [-0.1, -0.05) is 30.3 Å². The molecule has 3 rings (SSSR count). The molecule has 23 heavy (non-hydrogen) atoms. The van der Waals surface area contributed by atoms with Crippen LogP contribution in [0.25, 0.3) is 11.0 Å². The average Bonchev–Trinajstić information content (AvgIpc) is 3.01. The Morgan fingerprint density at radius 2 is 2.09 bits per heavy atom. The molecule has 0 aliphatic carbocycles. The number of H-pyrrole nitrogens is 1. The molecular weight excluding hydrogens is 292 g/mol. The number of aromatic nitrogens is 2. The lowest BCUT2D eigenvalue weighted by Gasteiger charge is -2.05. The van der Waals surface area contributed by atoms with E-state index in [1.807, 2.05) is 30.3 Å². The van der Waals surface area contributed by atoms with E-state index in [9.17, 15) is 4.79 Å². The first-order valence-corrected chi connectivity index (χ1v) is 7.08. The first-order valence-electron chi connectivity index (χ1n) is 7.08. The number of nitrogens with zero attached hydrogens (tertiary/aromatic N) is 2. The highest BCUT2D eigenvalue weighted by molar-refractivity contribution is 5.76. The number of nitrogens with one attached hydrogen (secondary N) is 2. The number of hydrogen-bond donors (Lipinski definition) is 2. The number of alkyl carbamates (subject to hydrolysis) is 1. The summed E-state index contributed by atoms with van der Waals surface area (Å²) in [6.07, 6.45) is -0.507. The van der Waals surface area contributed by atoms with Gasteiger partial charge in [-0.2, -0.15) is 5.26 Å². The van der Waals surface area contributed by atoms with Crippen molar-refractivity contribution < 1.29 is 9.53 Å². The van der Waals surface area contributed by atoms with Gasteiger partial charge in [0.15, 0.2) is 0 Å². The van der Waals surface area contributed by atoms with Crippen molar-refractivity contribution in [3.05, 3.63) is 65.5 Å². The van der Waals surface area contributed by atoms with Gasteiger partial charge in [0.2, 0.25) is 0 Å². The maximum Gasteiger partial charge on any atom is 0.407 e. The predicted molar refractivity (Wildman–Crippen MR) is 84.3 cm³/mol. The van der Waals surface area contributed by atoms with E-state index in [-0.39, 0.29) is 13.2 Å². The normalized spacial score (nSPS) is 10.2. The lowest BCUT2D eigenvalue weighted by atomic mass is 10.2. The van der Waals surface area contributed by atoms with Gasteiger partial charge >= 0.3 is 6.09 Å². The molecule has 6 nitrogen and oxygen atoms in total. The molecular formula is C17H14N4O2. The molecule has 3 aromatic rings. The van der Waals surface area contributed by atoms with Gasteiger partial charge in [0.1, 0.15) is 12.4 Å². The topological polar surface area (TPSA) is 90.8 Å². The molecule has 0 bridgehead atoms. The summed E-state index contributed by atoms with van der Waals surface area (Å²) < 4.78 is 5.13. The molecule has 0 saturated heterocycles. The van der Waals surface area contributed by atoms with Crippen LogP contribution in [-0.4, -0.2) is 16.1 Å². The van der Waals surface area contributed by atoms with Gasteiger partial charge in [-0.05, 0) is 23.8 Å². The fourth-order valence-corrected chi connectivity index (χ4v) is 2.15. The fourth-order valence-electron chi connectivity index (χ4n) is 2.15. The molecule has 0 atom stereocenters. The number of ether oxygens (including phenoxy) is 1. The number of hydrogen-bond acceptors (Lipinski definition) is 4. The molecule has 0 unspecified atom stereocenters. The zero-order valence-corrected chi connectivity index (χ0v) is 12.2. The van der Waals surface area contributed by atoms with Crippen molar-refractivity contribution in [2.24, 2.45) is 0 Å². The zero-order valence-electron chi connectivity index (χ0n) is 12.2. The quantitative estimate of drug-likeness (QED) is 0.775. The first kappa shape index (κ1) is 14.6. The van der Waals surface area contributed by atoms with Crippen molar-refractivity contribution >= 4 is 17.1 Å². The van der Waals surface area contributed by atoms with Gasteiger partial charge in [0, 0.05) is 0 Å².